The van der Waals surface area contributed by atoms with Crippen molar-refractivity contribution in [2.24, 2.45) is 5.92 Å². The van der Waals surface area contributed by atoms with Crippen molar-refractivity contribution < 1.29 is 14.3 Å². The number of carbonyl (C=O) groups excluding carboxylic acids is 1. The predicted octanol–water partition coefficient (Wildman–Crippen LogP) is 1.90. The van der Waals surface area contributed by atoms with Crippen molar-refractivity contribution in [3.8, 4) is 0 Å². The second kappa shape index (κ2) is 8.45. The maximum Gasteiger partial charge on any atom is 0.222 e. The standard InChI is InChI=1S/C18H32N2O3/c1-2-15-13-20(14-17(15)19-8-11-22-12-9-19)18(21)7-6-16-5-3-4-10-23-16/h15-17H,2-14H2,1H3/t15-,16+,17-/m1/s1. The fraction of sp³-hybridized carbons (Fsp3) is 0.944. The summed E-state index contributed by atoms with van der Waals surface area (Å²) >= 11 is 0. The Morgan fingerprint density at radius 3 is 2.65 bits per heavy atom. The van der Waals surface area contributed by atoms with E-state index in [1.54, 1.807) is 0 Å². The number of hydrogen-bond acceptors (Lipinski definition) is 4. The van der Waals surface area contributed by atoms with Crippen LogP contribution in [-0.4, -0.2) is 73.9 Å². The van der Waals surface area contributed by atoms with Gasteiger partial charge in [0.15, 0.2) is 0 Å². The van der Waals surface area contributed by atoms with E-state index in [1.165, 1.54) is 12.8 Å². The maximum absolute atomic E-state index is 12.6. The second-order valence-corrected chi connectivity index (χ2v) is 7.21. The lowest BCUT2D eigenvalue weighted by atomic mass is 9.99. The van der Waals surface area contributed by atoms with Crippen LogP contribution >= 0.6 is 0 Å². The molecular formula is C18H32N2O3. The van der Waals surface area contributed by atoms with Crippen molar-refractivity contribution in [3.63, 3.8) is 0 Å². The van der Waals surface area contributed by atoms with E-state index >= 15 is 0 Å². The number of ether oxygens (including phenoxy) is 2. The number of hydrogen-bond donors (Lipinski definition) is 0. The lowest BCUT2D eigenvalue weighted by Crippen LogP contribution is -2.47. The van der Waals surface area contributed by atoms with Crippen LogP contribution in [0.5, 0.6) is 0 Å². The normalized spacial score (nSPS) is 33.1. The highest BCUT2D eigenvalue weighted by atomic mass is 16.5. The number of rotatable bonds is 5. The van der Waals surface area contributed by atoms with Crippen LogP contribution in [0.1, 0.15) is 45.4 Å². The smallest absolute Gasteiger partial charge is 0.222 e. The van der Waals surface area contributed by atoms with Crippen LogP contribution in [0, 0.1) is 5.92 Å². The summed E-state index contributed by atoms with van der Waals surface area (Å²) in [5.74, 6) is 0.941. The number of nitrogens with zero attached hydrogens (tertiary/aromatic N) is 2. The van der Waals surface area contributed by atoms with Crippen molar-refractivity contribution in [3.05, 3.63) is 0 Å². The molecule has 0 aromatic carbocycles. The zero-order valence-electron chi connectivity index (χ0n) is 14.5. The monoisotopic (exact) mass is 324 g/mol. The molecule has 0 aromatic heterocycles. The fourth-order valence-corrected chi connectivity index (χ4v) is 4.26. The average Bonchev–Trinajstić information content (AvgIpc) is 3.06. The highest BCUT2D eigenvalue weighted by Crippen LogP contribution is 2.27. The number of carbonyl (C=O) groups is 1. The van der Waals surface area contributed by atoms with Crippen LogP contribution in [-0.2, 0) is 14.3 Å². The Morgan fingerprint density at radius 2 is 1.96 bits per heavy atom. The summed E-state index contributed by atoms with van der Waals surface area (Å²) in [6, 6.07) is 0.527. The van der Waals surface area contributed by atoms with Crippen molar-refractivity contribution in [1.29, 1.82) is 0 Å². The molecule has 0 aliphatic carbocycles. The third-order valence-electron chi connectivity index (χ3n) is 5.75. The summed E-state index contributed by atoms with van der Waals surface area (Å²) in [5, 5.41) is 0. The summed E-state index contributed by atoms with van der Waals surface area (Å²) in [6.07, 6.45) is 6.56. The van der Waals surface area contributed by atoms with Gasteiger partial charge in [-0.15, -0.1) is 0 Å². The van der Waals surface area contributed by atoms with E-state index in [9.17, 15) is 4.79 Å². The van der Waals surface area contributed by atoms with Crippen LogP contribution in [0.4, 0.5) is 0 Å². The molecule has 132 valence electrons. The molecule has 3 aliphatic heterocycles. The summed E-state index contributed by atoms with van der Waals surface area (Å²) in [4.78, 5) is 17.3. The molecule has 0 spiro atoms. The Labute approximate surface area is 140 Å². The molecule has 3 aliphatic rings. The molecule has 5 nitrogen and oxygen atoms in total. The summed E-state index contributed by atoms with van der Waals surface area (Å²) in [6.45, 7) is 8.66. The average molecular weight is 324 g/mol. The zero-order valence-corrected chi connectivity index (χ0v) is 14.5. The first-order chi connectivity index (χ1) is 11.3. The largest absolute Gasteiger partial charge is 0.379 e. The number of likely N-dealkylation sites (tertiary alicyclic amines) is 1. The maximum atomic E-state index is 12.6. The van der Waals surface area contributed by atoms with Gasteiger partial charge < -0.3 is 14.4 Å². The van der Waals surface area contributed by atoms with Gasteiger partial charge in [-0.1, -0.05) is 13.3 Å². The topological polar surface area (TPSA) is 42.0 Å². The molecule has 1 amide bonds. The Hall–Kier alpha value is -0.650. The molecule has 3 fully saturated rings. The minimum absolute atomic E-state index is 0.312. The first-order valence-corrected chi connectivity index (χ1v) is 9.49. The van der Waals surface area contributed by atoms with Crippen LogP contribution in [0.15, 0.2) is 0 Å². The van der Waals surface area contributed by atoms with Gasteiger partial charge in [0, 0.05) is 45.2 Å². The Morgan fingerprint density at radius 1 is 1.13 bits per heavy atom. The molecule has 3 rings (SSSR count). The van der Waals surface area contributed by atoms with E-state index in [4.69, 9.17) is 9.47 Å². The van der Waals surface area contributed by atoms with Crippen LogP contribution in [0.2, 0.25) is 0 Å². The van der Waals surface area contributed by atoms with Crippen LogP contribution in [0.25, 0.3) is 0 Å². The highest BCUT2D eigenvalue weighted by Gasteiger charge is 2.37. The SMILES string of the molecule is CC[C@@H]1CN(C(=O)CC[C@@H]2CCCCO2)C[C@H]1N1CCOCC1. The second-order valence-electron chi connectivity index (χ2n) is 7.21. The van der Waals surface area contributed by atoms with Gasteiger partial charge in [-0.05, 0) is 31.6 Å². The van der Waals surface area contributed by atoms with Gasteiger partial charge in [0.05, 0.1) is 19.3 Å². The molecule has 0 bridgehead atoms. The molecule has 3 atom stereocenters. The first kappa shape index (κ1) is 17.2. The van der Waals surface area contributed by atoms with Crippen LogP contribution < -0.4 is 0 Å². The third-order valence-corrected chi connectivity index (χ3v) is 5.75. The molecule has 0 radical (unpaired) electrons. The van der Waals surface area contributed by atoms with Crippen LogP contribution in [0.3, 0.4) is 0 Å². The number of morpholine rings is 1. The van der Waals surface area contributed by atoms with Gasteiger partial charge in [0.2, 0.25) is 5.91 Å². The molecule has 0 aromatic rings. The van der Waals surface area contributed by atoms with Gasteiger partial charge in [-0.25, -0.2) is 0 Å². The Balaban J connectivity index is 1.48. The molecule has 3 saturated heterocycles. The van der Waals surface area contributed by atoms with Crippen molar-refractivity contribution in [1.82, 2.24) is 9.80 Å². The lowest BCUT2D eigenvalue weighted by molar-refractivity contribution is -0.131. The summed E-state index contributed by atoms with van der Waals surface area (Å²) in [5.41, 5.74) is 0. The molecule has 0 saturated carbocycles. The van der Waals surface area contributed by atoms with E-state index in [-0.39, 0.29) is 0 Å². The highest BCUT2D eigenvalue weighted by molar-refractivity contribution is 5.76. The molecule has 23 heavy (non-hydrogen) atoms. The minimum atomic E-state index is 0.312. The van der Waals surface area contributed by atoms with E-state index < -0.39 is 0 Å². The van der Waals surface area contributed by atoms with Gasteiger partial charge in [-0.3, -0.25) is 9.69 Å². The minimum Gasteiger partial charge on any atom is -0.379 e. The quantitative estimate of drug-likeness (QED) is 0.775. The van der Waals surface area contributed by atoms with E-state index in [1.807, 2.05) is 0 Å². The van der Waals surface area contributed by atoms with E-state index in [2.05, 4.69) is 16.7 Å². The van der Waals surface area contributed by atoms with Crippen molar-refractivity contribution in [2.45, 2.75) is 57.6 Å². The summed E-state index contributed by atoms with van der Waals surface area (Å²) in [7, 11) is 0. The van der Waals surface area contributed by atoms with E-state index in [0.29, 0.717) is 30.4 Å². The Kier molecular flexibility index (Phi) is 6.31. The molecule has 0 unspecified atom stereocenters. The van der Waals surface area contributed by atoms with Crippen molar-refractivity contribution in [2.75, 3.05) is 46.0 Å². The van der Waals surface area contributed by atoms with Gasteiger partial charge >= 0.3 is 0 Å². The molecule has 3 heterocycles. The number of amides is 1. The Bertz CT molecular complexity index is 378. The van der Waals surface area contributed by atoms with Crippen molar-refractivity contribution >= 4 is 5.91 Å². The van der Waals surface area contributed by atoms with Gasteiger partial charge in [-0.2, -0.15) is 0 Å². The van der Waals surface area contributed by atoms with Gasteiger partial charge in [0.1, 0.15) is 0 Å². The van der Waals surface area contributed by atoms with E-state index in [0.717, 1.165) is 65.3 Å². The summed E-state index contributed by atoms with van der Waals surface area (Å²) < 4.78 is 11.2. The first-order valence-electron chi connectivity index (χ1n) is 9.49. The van der Waals surface area contributed by atoms with Gasteiger partial charge in [0.25, 0.3) is 0 Å². The molecule has 5 heteroatoms. The lowest BCUT2D eigenvalue weighted by Gasteiger charge is -2.34. The zero-order chi connectivity index (χ0) is 16.1. The third kappa shape index (κ3) is 4.46. The predicted molar refractivity (Wildman–Crippen MR) is 89.4 cm³/mol. The molecule has 0 N–H and O–H groups in total. The molecular weight excluding hydrogens is 292 g/mol. The fourth-order valence-electron chi connectivity index (χ4n) is 4.26.